The van der Waals surface area contributed by atoms with Crippen LogP contribution in [0.4, 0.5) is 0 Å². The van der Waals surface area contributed by atoms with Crippen molar-refractivity contribution in [3.8, 4) is 0 Å². The van der Waals surface area contributed by atoms with E-state index in [1.807, 2.05) is 0 Å². The lowest BCUT2D eigenvalue weighted by Crippen LogP contribution is -2.41. The lowest BCUT2D eigenvalue weighted by atomic mass is 10.3. The molecule has 1 N–H and O–H groups in total. The van der Waals surface area contributed by atoms with Gasteiger partial charge < -0.3 is 9.88 Å². The van der Waals surface area contributed by atoms with Crippen molar-refractivity contribution in [2.75, 3.05) is 6.54 Å². The summed E-state index contributed by atoms with van der Waals surface area (Å²) in [6.45, 7) is 3.71. The second-order valence-electron chi connectivity index (χ2n) is 3.30. The van der Waals surface area contributed by atoms with Crippen molar-refractivity contribution in [3.05, 3.63) is 45.3 Å². The van der Waals surface area contributed by atoms with E-state index in [1.165, 1.54) is 30.9 Å². The van der Waals surface area contributed by atoms with Crippen molar-refractivity contribution < 1.29 is 4.79 Å². The highest BCUT2D eigenvalue weighted by Gasteiger charge is 2.13. The molecule has 0 saturated carbocycles. The number of aryl methyl sites for hydroxylation is 1. The van der Waals surface area contributed by atoms with Gasteiger partial charge in [0.2, 0.25) is 0 Å². The van der Waals surface area contributed by atoms with E-state index in [2.05, 4.69) is 11.9 Å². The Morgan fingerprint density at radius 1 is 1.50 bits per heavy atom. The largest absolute Gasteiger partial charge is 0.348 e. The molecular weight excluding hydrogens is 210 g/mol. The zero-order valence-corrected chi connectivity index (χ0v) is 9.19. The average Bonchev–Trinajstić information content (AvgIpc) is 2.28. The van der Waals surface area contributed by atoms with Gasteiger partial charge in [0.25, 0.3) is 11.5 Å². The number of hydrogen-bond donors (Lipinski definition) is 1. The fourth-order valence-electron chi connectivity index (χ4n) is 1.22. The van der Waals surface area contributed by atoms with Crippen LogP contribution in [-0.4, -0.2) is 21.6 Å². The van der Waals surface area contributed by atoms with Crippen LogP contribution in [0.3, 0.4) is 0 Å². The molecule has 1 aromatic rings. The quantitative estimate of drug-likeness (QED) is 0.668. The minimum atomic E-state index is -0.607. The first-order valence-corrected chi connectivity index (χ1v) is 4.64. The van der Waals surface area contributed by atoms with Crippen molar-refractivity contribution in [2.45, 2.75) is 0 Å². The van der Waals surface area contributed by atoms with Crippen molar-refractivity contribution in [2.24, 2.45) is 14.1 Å². The fourth-order valence-corrected chi connectivity index (χ4v) is 1.22. The predicted molar refractivity (Wildman–Crippen MR) is 59.5 cm³/mol. The molecule has 1 heterocycles. The van der Waals surface area contributed by atoms with Crippen LogP contribution in [0, 0.1) is 0 Å². The van der Waals surface area contributed by atoms with Crippen molar-refractivity contribution in [1.82, 2.24) is 14.5 Å². The minimum Gasteiger partial charge on any atom is -0.348 e. The molecule has 0 atom stereocenters. The Morgan fingerprint density at radius 3 is 2.69 bits per heavy atom. The molecule has 1 rings (SSSR count). The Balaban J connectivity index is 3.26. The SMILES string of the molecule is C=CCNC(=O)c1cn(C)c(=O)n(C)c1=O. The Morgan fingerprint density at radius 2 is 2.12 bits per heavy atom. The standard InChI is InChI=1S/C10H13N3O3/c1-4-5-11-8(14)7-6-12(2)10(16)13(3)9(7)15/h4,6H,1,5H2,2-3H3,(H,11,14). The highest BCUT2D eigenvalue weighted by molar-refractivity contribution is 5.93. The van der Waals surface area contributed by atoms with Crippen LogP contribution in [-0.2, 0) is 14.1 Å². The first-order chi connectivity index (χ1) is 7.49. The summed E-state index contributed by atoms with van der Waals surface area (Å²) in [6, 6.07) is 0. The second kappa shape index (κ2) is 4.61. The number of carbonyl (C=O) groups excluding carboxylic acids is 1. The van der Waals surface area contributed by atoms with Crippen molar-refractivity contribution in [3.63, 3.8) is 0 Å². The van der Waals surface area contributed by atoms with E-state index < -0.39 is 17.2 Å². The Bertz CT molecular complexity index is 539. The zero-order valence-electron chi connectivity index (χ0n) is 9.19. The Labute approximate surface area is 91.8 Å². The highest BCUT2D eigenvalue weighted by atomic mass is 16.2. The fraction of sp³-hybridized carbons (Fsp3) is 0.300. The maximum atomic E-state index is 11.6. The molecule has 6 nitrogen and oxygen atoms in total. The number of aromatic nitrogens is 2. The molecule has 0 saturated heterocycles. The van der Waals surface area contributed by atoms with Crippen LogP contribution in [0.2, 0.25) is 0 Å². The van der Waals surface area contributed by atoms with E-state index in [4.69, 9.17) is 0 Å². The summed E-state index contributed by atoms with van der Waals surface area (Å²) in [5, 5.41) is 2.48. The molecule has 1 aromatic heterocycles. The molecule has 1 amide bonds. The number of hydrogen-bond acceptors (Lipinski definition) is 3. The lowest BCUT2D eigenvalue weighted by molar-refractivity contribution is 0.0955. The topological polar surface area (TPSA) is 73.1 Å². The first kappa shape index (κ1) is 12.0. The Hall–Kier alpha value is -2.11. The van der Waals surface area contributed by atoms with Gasteiger partial charge in [0, 0.05) is 26.8 Å². The summed E-state index contributed by atoms with van der Waals surface area (Å²) < 4.78 is 2.08. The van der Waals surface area contributed by atoms with Crippen molar-refractivity contribution >= 4 is 5.91 Å². The summed E-state index contributed by atoms with van der Waals surface area (Å²) in [5.41, 5.74) is -1.14. The van der Waals surface area contributed by atoms with Gasteiger partial charge in [-0.1, -0.05) is 6.08 Å². The normalized spacial score (nSPS) is 9.88. The maximum Gasteiger partial charge on any atom is 0.330 e. The molecule has 0 radical (unpaired) electrons. The molecule has 0 spiro atoms. The molecule has 16 heavy (non-hydrogen) atoms. The minimum absolute atomic E-state index is 0.0635. The third-order valence-electron chi connectivity index (χ3n) is 2.10. The molecule has 86 valence electrons. The molecule has 0 aliphatic rings. The molecule has 0 aliphatic carbocycles. The van der Waals surface area contributed by atoms with Crippen LogP contribution in [0.15, 0.2) is 28.4 Å². The van der Waals surface area contributed by atoms with E-state index >= 15 is 0 Å². The summed E-state index contributed by atoms with van der Waals surface area (Å²) in [6.07, 6.45) is 2.73. The van der Waals surface area contributed by atoms with E-state index in [-0.39, 0.29) is 12.1 Å². The highest BCUT2D eigenvalue weighted by Crippen LogP contribution is 1.87. The smallest absolute Gasteiger partial charge is 0.330 e. The summed E-state index contributed by atoms with van der Waals surface area (Å²) in [5.74, 6) is -0.517. The van der Waals surface area contributed by atoms with E-state index in [1.54, 1.807) is 0 Å². The molecule has 0 bridgehead atoms. The van der Waals surface area contributed by atoms with Gasteiger partial charge >= 0.3 is 5.69 Å². The van der Waals surface area contributed by atoms with Gasteiger partial charge in [0.1, 0.15) is 5.56 Å². The number of carbonyl (C=O) groups is 1. The molecule has 0 aliphatic heterocycles. The molecular formula is C10H13N3O3. The van der Waals surface area contributed by atoms with Crippen LogP contribution in [0.25, 0.3) is 0 Å². The van der Waals surface area contributed by atoms with Gasteiger partial charge in [0.15, 0.2) is 0 Å². The Kier molecular flexibility index (Phi) is 3.44. The van der Waals surface area contributed by atoms with E-state index in [0.29, 0.717) is 0 Å². The third kappa shape index (κ3) is 2.10. The summed E-state index contributed by atoms with van der Waals surface area (Å²) in [4.78, 5) is 34.5. The van der Waals surface area contributed by atoms with Crippen molar-refractivity contribution in [1.29, 1.82) is 0 Å². The predicted octanol–water partition coefficient (Wildman–Crippen LogP) is -1.00. The van der Waals surface area contributed by atoms with Crippen LogP contribution < -0.4 is 16.6 Å². The summed E-state index contributed by atoms with van der Waals surface area (Å²) >= 11 is 0. The zero-order chi connectivity index (χ0) is 12.3. The first-order valence-electron chi connectivity index (χ1n) is 4.64. The second-order valence-corrected chi connectivity index (χ2v) is 3.30. The van der Waals surface area contributed by atoms with Crippen LogP contribution >= 0.6 is 0 Å². The van der Waals surface area contributed by atoms with Gasteiger partial charge in [0.05, 0.1) is 0 Å². The third-order valence-corrected chi connectivity index (χ3v) is 2.10. The van der Waals surface area contributed by atoms with Gasteiger partial charge in [-0.15, -0.1) is 6.58 Å². The van der Waals surface area contributed by atoms with Crippen LogP contribution in [0.5, 0.6) is 0 Å². The van der Waals surface area contributed by atoms with Gasteiger partial charge in [-0.05, 0) is 0 Å². The number of nitrogens with one attached hydrogen (secondary N) is 1. The van der Waals surface area contributed by atoms with E-state index in [9.17, 15) is 14.4 Å². The van der Waals surface area contributed by atoms with Gasteiger partial charge in [-0.25, -0.2) is 4.79 Å². The van der Waals surface area contributed by atoms with Gasteiger partial charge in [-0.3, -0.25) is 14.2 Å². The summed E-state index contributed by atoms with van der Waals surface area (Å²) in [7, 11) is 2.81. The maximum absolute atomic E-state index is 11.6. The number of nitrogens with zero attached hydrogens (tertiary/aromatic N) is 2. The van der Waals surface area contributed by atoms with E-state index in [0.717, 1.165) is 4.57 Å². The molecule has 6 heteroatoms. The molecule has 0 aromatic carbocycles. The average molecular weight is 223 g/mol. The number of amides is 1. The molecule has 0 unspecified atom stereocenters. The van der Waals surface area contributed by atoms with Gasteiger partial charge in [-0.2, -0.15) is 0 Å². The number of rotatable bonds is 3. The monoisotopic (exact) mass is 223 g/mol. The molecule has 0 fully saturated rings. The van der Waals surface area contributed by atoms with Crippen LogP contribution in [0.1, 0.15) is 10.4 Å². The lowest BCUT2D eigenvalue weighted by Gasteiger charge is -2.06.